The van der Waals surface area contributed by atoms with E-state index in [0.29, 0.717) is 28.8 Å². The molecule has 1 aromatic carbocycles. The van der Waals surface area contributed by atoms with Gasteiger partial charge in [0.2, 0.25) is 11.8 Å². The van der Waals surface area contributed by atoms with Gasteiger partial charge in [-0.25, -0.2) is 23.4 Å². The highest BCUT2D eigenvalue weighted by Gasteiger charge is 2.42. The van der Waals surface area contributed by atoms with Crippen LogP contribution < -0.4 is 24.5 Å². The molecule has 1 aliphatic heterocycles. The lowest BCUT2D eigenvalue weighted by atomic mass is 10.2. The van der Waals surface area contributed by atoms with Gasteiger partial charge in [0.15, 0.2) is 5.82 Å². The minimum absolute atomic E-state index is 0.00597. The molecule has 0 saturated carbocycles. The Labute approximate surface area is 233 Å². The van der Waals surface area contributed by atoms with Crippen LogP contribution in [0.2, 0.25) is 0 Å². The molecule has 40 heavy (non-hydrogen) atoms. The first-order valence-corrected chi connectivity index (χ1v) is 13.8. The van der Waals surface area contributed by atoms with Gasteiger partial charge in [-0.15, -0.1) is 4.40 Å². The molecule has 4 rings (SSSR count). The van der Waals surface area contributed by atoms with Gasteiger partial charge in [0, 0.05) is 32.6 Å². The molecule has 0 spiro atoms. The number of hydrogen-bond donors (Lipinski definition) is 1. The van der Waals surface area contributed by atoms with Crippen molar-refractivity contribution < 1.29 is 27.4 Å². The minimum atomic E-state index is -4.21. The van der Waals surface area contributed by atoms with E-state index in [1.54, 1.807) is 65.7 Å². The second kappa shape index (κ2) is 12.0. The van der Waals surface area contributed by atoms with Gasteiger partial charge < -0.3 is 18.9 Å². The molecule has 2 aromatic heterocycles. The molecular weight excluding hydrogens is 538 g/mol. The summed E-state index contributed by atoms with van der Waals surface area (Å²) >= 11 is 0. The normalized spacial score (nSPS) is 18.3. The summed E-state index contributed by atoms with van der Waals surface area (Å²) in [5.74, 6) is 1.51. The molecule has 3 atom stereocenters. The number of aryl methyl sites for hydroxylation is 1. The fraction of sp³-hybridized carbons (Fsp3) is 0.385. The Morgan fingerprint density at radius 3 is 2.17 bits per heavy atom. The van der Waals surface area contributed by atoms with E-state index in [0.717, 1.165) is 5.56 Å². The number of anilines is 1. The highest BCUT2D eigenvalue weighted by molar-refractivity contribution is 7.90. The summed E-state index contributed by atoms with van der Waals surface area (Å²) in [6.07, 6.45) is 1.59. The van der Waals surface area contributed by atoms with Crippen molar-refractivity contribution in [3.8, 4) is 17.4 Å². The zero-order valence-electron chi connectivity index (χ0n) is 23.4. The van der Waals surface area contributed by atoms with E-state index < -0.39 is 27.5 Å². The van der Waals surface area contributed by atoms with Gasteiger partial charge in [-0.1, -0.05) is 12.1 Å². The van der Waals surface area contributed by atoms with E-state index in [9.17, 15) is 8.42 Å². The van der Waals surface area contributed by atoms with Crippen LogP contribution in [0.5, 0.6) is 17.4 Å². The van der Waals surface area contributed by atoms with Crippen LogP contribution in [0.4, 0.5) is 5.69 Å². The standard InChI is InChI=1S/C26H33N7O6S/c1-16-14-27-24(28-15-16)23(39-7)17(2)40(34,35)31-26-30-32(3)25(18-10-8-13-21(29-18)38-6)33(26)22-19(36-4)11-9-12-20(22)37-5/h8-15,17,23,25H,1-7H3,(H,30,31)/t17-,23-,25?/m0/s1. The predicted molar refractivity (Wildman–Crippen MR) is 149 cm³/mol. The largest absolute Gasteiger partial charge is 0.494 e. The summed E-state index contributed by atoms with van der Waals surface area (Å²) in [6, 6.07) is 10.6. The van der Waals surface area contributed by atoms with Gasteiger partial charge in [0.05, 0.1) is 27.0 Å². The number of benzene rings is 1. The molecule has 0 aliphatic carbocycles. The quantitative estimate of drug-likeness (QED) is 0.382. The van der Waals surface area contributed by atoms with Gasteiger partial charge in [-0.05, 0) is 37.6 Å². The Kier molecular flexibility index (Phi) is 8.71. The molecular formula is C26H33N7O6S. The number of rotatable bonds is 10. The highest BCUT2D eigenvalue weighted by Crippen LogP contribution is 2.44. The summed E-state index contributed by atoms with van der Waals surface area (Å²) in [7, 11) is 3.50. The molecule has 0 radical (unpaired) electrons. The van der Waals surface area contributed by atoms with Crippen LogP contribution >= 0.6 is 0 Å². The number of hydrogen-bond acceptors (Lipinski definition) is 10. The van der Waals surface area contributed by atoms with Crippen molar-refractivity contribution in [3.05, 3.63) is 65.9 Å². The van der Waals surface area contributed by atoms with Gasteiger partial charge >= 0.3 is 0 Å². The minimum Gasteiger partial charge on any atom is -0.494 e. The number of pyridine rings is 1. The van der Waals surface area contributed by atoms with Gasteiger partial charge in [-0.3, -0.25) is 10.3 Å². The molecule has 1 unspecified atom stereocenters. The lowest BCUT2D eigenvalue weighted by Crippen LogP contribution is -2.35. The Morgan fingerprint density at radius 1 is 0.975 bits per heavy atom. The molecule has 0 amide bonds. The second-order valence-corrected chi connectivity index (χ2v) is 10.9. The second-order valence-electron chi connectivity index (χ2n) is 8.99. The van der Waals surface area contributed by atoms with E-state index in [1.807, 2.05) is 6.92 Å². The van der Waals surface area contributed by atoms with Gasteiger partial charge in [-0.2, -0.15) is 5.01 Å². The predicted octanol–water partition coefficient (Wildman–Crippen LogP) is 2.62. The third kappa shape index (κ3) is 5.64. The summed E-state index contributed by atoms with van der Waals surface area (Å²) in [4.78, 5) is 14.8. The number of methoxy groups -OCH3 is 4. The fourth-order valence-electron chi connectivity index (χ4n) is 4.36. The Balaban J connectivity index is 1.86. The number of ether oxygens (including phenoxy) is 4. The smallest absolute Gasteiger partial charge is 0.262 e. The SMILES string of the molecule is COc1cccc(C2N(C)NC(=NS(=O)(=O)[C@@H](C)[C@H](OC)c3ncc(C)cn3)N2c2c(OC)cccc2OC)n1. The van der Waals surface area contributed by atoms with Crippen molar-refractivity contribution >= 4 is 21.7 Å². The zero-order chi connectivity index (χ0) is 29.0. The van der Waals surface area contributed by atoms with Crippen molar-refractivity contribution in [2.75, 3.05) is 40.4 Å². The molecule has 14 heteroatoms. The average molecular weight is 572 g/mol. The topological polar surface area (TPSA) is 141 Å². The number of hydrazine groups is 1. The number of guanidine groups is 1. The van der Waals surface area contributed by atoms with E-state index in [4.69, 9.17) is 18.9 Å². The van der Waals surface area contributed by atoms with Gasteiger partial charge in [0.1, 0.15) is 34.7 Å². The van der Waals surface area contributed by atoms with E-state index in [2.05, 4.69) is 24.8 Å². The Hall–Kier alpha value is -4.01. The maximum Gasteiger partial charge on any atom is 0.262 e. The van der Waals surface area contributed by atoms with Crippen LogP contribution in [0.3, 0.4) is 0 Å². The van der Waals surface area contributed by atoms with Crippen LogP contribution in [-0.4, -0.2) is 75.1 Å². The van der Waals surface area contributed by atoms with Crippen molar-refractivity contribution in [3.63, 3.8) is 0 Å². The monoisotopic (exact) mass is 571 g/mol. The molecule has 1 fully saturated rings. The number of sulfonamides is 1. The number of aromatic nitrogens is 3. The molecule has 1 N–H and O–H groups in total. The van der Waals surface area contributed by atoms with Crippen LogP contribution in [0, 0.1) is 6.92 Å². The molecule has 0 bridgehead atoms. The van der Waals surface area contributed by atoms with Crippen molar-refractivity contribution in [2.24, 2.45) is 4.40 Å². The van der Waals surface area contributed by atoms with Crippen LogP contribution in [-0.2, 0) is 14.8 Å². The van der Waals surface area contributed by atoms with Gasteiger partial charge in [0.25, 0.3) is 10.0 Å². The maximum atomic E-state index is 13.8. The summed E-state index contributed by atoms with van der Waals surface area (Å²) < 4.78 is 54.0. The van der Waals surface area contributed by atoms with Crippen molar-refractivity contribution in [2.45, 2.75) is 31.4 Å². The zero-order valence-corrected chi connectivity index (χ0v) is 24.2. The lowest BCUT2D eigenvalue weighted by molar-refractivity contribution is 0.0948. The number of nitrogens with zero attached hydrogens (tertiary/aromatic N) is 6. The van der Waals surface area contributed by atoms with Crippen LogP contribution in [0.15, 0.2) is 53.2 Å². The Bertz CT molecular complexity index is 1450. The lowest BCUT2D eigenvalue weighted by Gasteiger charge is -2.29. The third-order valence-corrected chi connectivity index (χ3v) is 8.01. The summed E-state index contributed by atoms with van der Waals surface area (Å²) in [5.41, 5.74) is 4.92. The maximum absolute atomic E-state index is 13.8. The number of nitrogens with one attached hydrogen (secondary N) is 1. The van der Waals surface area contributed by atoms with E-state index in [-0.39, 0.29) is 11.8 Å². The molecule has 214 valence electrons. The van der Waals surface area contributed by atoms with Crippen molar-refractivity contribution in [1.82, 2.24) is 25.4 Å². The first-order chi connectivity index (χ1) is 19.1. The fourth-order valence-corrected chi connectivity index (χ4v) is 5.44. The van der Waals surface area contributed by atoms with E-state index in [1.165, 1.54) is 35.4 Å². The highest BCUT2D eigenvalue weighted by atomic mass is 32.2. The van der Waals surface area contributed by atoms with Crippen LogP contribution in [0.1, 0.15) is 36.3 Å². The molecule has 3 heterocycles. The molecule has 1 aliphatic rings. The first kappa shape index (κ1) is 29.0. The third-order valence-electron chi connectivity index (χ3n) is 6.40. The average Bonchev–Trinajstić information content (AvgIpc) is 3.27. The first-order valence-electron chi connectivity index (χ1n) is 12.3. The van der Waals surface area contributed by atoms with E-state index >= 15 is 0 Å². The number of para-hydroxylation sites is 1. The molecule has 3 aromatic rings. The van der Waals surface area contributed by atoms with Crippen molar-refractivity contribution in [1.29, 1.82) is 0 Å². The molecule has 1 saturated heterocycles. The molecule has 13 nitrogen and oxygen atoms in total. The Morgan fingerprint density at radius 2 is 1.60 bits per heavy atom. The summed E-state index contributed by atoms with van der Waals surface area (Å²) in [5, 5.41) is 0.555. The summed E-state index contributed by atoms with van der Waals surface area (Å²) in [6.45, 7) is 3.35. The van der Waals surface area contributed by atoms with Crippen LogP contribution in [0.25, 0.3) is 0 Å².